The van der Waals surface area contributed by atoms with E-state index in [0.29, 0.717) is 49.8 Å². The second kappa shape index (κ2) is 15.5. The average Bonchev–Trinajstić information content (AvgIpc) is 3.52. The Morgan fingerprint density at radius 2 is 1.58 bits per heavy atom. The number of alkyl carbamates (subject to hydrolysis) is 1. The highest BCUT2D eigenvalue weighted by atomic mass is 19.1. The molecule has 2 aromatic carbocycles. The third-order valence-corrected chi connectivity index (χ3v) is 8.08. The van der Waals surface area contributed by atoms with Gasteiger partial charge in [-0.15, -0.1) is 0 Å². The normalized spacial score (nSPS) is 16.4. The lowest BCUT2D eigenvalue weighted by atomic mass is 9.94. The maximum Gasteiger partial charge on any atom is 0.410 e. The van der Waals surface area contributed by atoms with Crippen LogP contribution >= 0.6 is 0 Å². The van der Waals surface area contributed by atoms with Crippen LogP contribution in [0, 0.1) is 11.7 Å². The highest BCUT2D eigenvalue weighted by molar-refractivity contribution is 5.86. The fourth-order valence-corrected chi connectivity index (χ4v) is 5.69. The summed E-state index contributed by atoms with van der Waals surface area (Å²) in [7, 11) is 0. The van der Waals surface area contributed by atoms with Crippen LogP contribution in [0.5, 0.6) is 5.75 Å². The van der Waals surface area contributed by atoms with Gasteiger partial charge in [0.15, 0.2) is 0 Å². The smallest absolute Gasteiger partial charge is 0.410 e. The number of piperidine rings is 1. The Morgan fingerprint density at radius 3 is 2.18 bits per heavy atom. The van der Waals surface area contributed by atoms with E-state index in [-0.39, 0.29) is 24.5 Å². The van der Waals surface area contributed by atoms with E-state index >= 15 is 4.39 Å². The van der Waals surface area contributed by atoms with Crippen LogP contribution in [0.25, 0.3) is 11.1 Å². The molecule has 2 aromatic rings. The molecule has 0 aromatic heterocycles. The van der Waals surface area contributed by atoms with E-state index < -0.39 is 23.6 Å². The fraction of sp³-hybridized carbons (Fsp3) is 0.571. The Hall–Kier alpha value is -3.82. The number of nitrogens with zero attached hydrogens (tertiary/aromatic N) is 2. The Kier molecular flexibility index (Phi) is 11.7. The van der Waals surface area contributed by atoms with Crippen LogP contribution in [0.1, 0.15) is 72.3 Å². The molecule has 2 saturated heterocycles. The molecule has 1 unspecified atom stereocenters. The molecule has 1 N–H and O–H groups in total. The van der Waals surface area contributed by atoms with Gasteiger partial charge in [-0.3, -0.25) is 4.79 Å². The summed E-state index contributed by atoms with van der Waals surface area (Å²) >= 11 is 0. The number of carbonyl (C=O) groups excluding carboxylic acids is 3. The van der Waals surface area contributed by atoms with Gasteiger partial charge in [0.05, 0.1) is 12.7 Å². The summed E-state index contributed by atoms with van der Waals surface area (Å²) in [6.45, 7) is 12.2. The quantitative estimate of drug-likeness (QED) is 0.321. The number of benzene rings is 2. The zero-order valence-corrected chi connectivity index (χ0v) is 27.3. The first-order valence-corrected chi connectivity index (χ1v) is 16.1. The minimum Gasteiger partial charge on any atom is -0.494 e. The van der Waals surface area contributed by atoms with E-state index in [9.17, 15) is 14.4 Å². The minimum absolute atomic E-state index is 0.0223. The summed E-state index contributed by atoms with van der Waals surface area (Å²) in [5, 5.41) is 2.67. The van der Waals surface area contributed by atoms with Crippen LogP contribution < -0.4 is 10.1 Å². The molecule has 10 heteroatoms. The number of carbonyl (C=O) groups is 3. The number of likely N-dealkylation sites (tertiary alicyclic amines) is 2. The molecular formula is C35H48FN3O6. The predicted octanol–water partition coefficient (Wildman–Crippen LogP) is 6.58. The lowest BCUT2D eigenvalue weighted by Gasteiger charge is -2.31. The van der Waals surface area contributed by atoms with E-state index in [4.69, 9.17) is 14.2 Å². The number of hydrogen-bond acceptors (Lipinski definition) is 6. The number of hydrogen-bond donors (Lipinski definition) is 1. The van der Waals surface area contributed by atoms with E-state index in [1.807, 2.05) is 44.2 Å². The second-order valence-electron chi connectivity index (χ2n) is 13.3. The van der Waals surface area contributed by atoms with Crippen molar-refractivity contribution < 1.29 is 33.0 Å². The molecule has 45 heavy (non-hydrogen) atoms. The van der Waals surface area contributed by atoms with Crippen molar-refractivity contribution >= 4 is 18.1 Å². The zero-order valence-electron chi connectivity index (χ0n) is 27.3. The predicted molar refractivity (Wildman–Crippen MR) is 171 cm³/mol. The van der Waals surface area contributed by atoms with Crippen molar-refractivity contribution in [1.29, 1.82) is 0 Å². The monoisotopic (exact) mass is 625 g/mol. The molecule has 2 aliphatic heterocycles. The van der Waals surface area contributed by atoms with Gasteiger partial charge >= 0.3 is 12.2 Å². The molecule has 0 spiro atoms. The topological polar surface area (TPSA) is 97.4 Å². The number of rotatable bonds is 10. The van der Waals surface area contributed by atoms with Crippen molar-refractivity contribution in [3.05, 3.63) is 53.8 Å². The molecule has 246 valence electrons. The summed E-state index contributed by atoms with van der Waals surface area (Å²) in [6, 6.07) is 11.6. The molecule has 2 fully saturated rings. The van der Waals surface area contributed by atoms with Crippen LogP contribution in [-0.4, -0.2) is 78.4 Å². The molecule has 0 radical (unpaired) electrons. The van der Waals surface area contributed by atoms with Crippen molar-refractivity contribution in [2.75, 3.05) is 32.8 Å². The Bertz CT molecular complexity index is 1300. The second-order valence-corrected chi connectivity index (χ2v) is 13.3. The number of ether oxygens (including phenoxy) is 3. The van der Waals surface area contributed by atoms with Gasteiger partial charge in [-0.25, -0.2) is 14.0 Å². The molecule has 2 heterocycles. The summed E-state index contributed by atoms with van der Waals surface area (Å²) in [4.78, 5) is 41.3. The molecule has 0 aliphatic carbocycles. The first-order chi connectivity index (χ1) is 21.4. The Morgan fingerprint density at radius 1 is 0.933 bits per heavy atom. The lowest BCUT2D eigenvalue weighted by Crippen LogP contribution is -2.50. The number of nitrogens with one attached hydrogen (secondary N) is 1. The molecule has 0 bridgehead atoms. The number of halogens is 1. The minimum atomic E-state index is -0.927. The van der Waals surface area contributed by atoms with Gasteiger partial charge in [0.2, 0.25) is 5.91 Å². The lowest BCUT2D eigenvalue weighted by molar-refractivity contribution is -0.132. The Balaban J connectivity index is 1.30. The van der Waals surface area contributed by atoms with E-state index in [2.05, 4.69) is 5.32 Å². The van der Waals surface area contributed by atoms with E-state index in [0.717, 1.165) is 43.4 Å². The van der Waals surface area contributed by atoms with Crippen molar-refractivity contribution in [2.45, 2.75) is 90.9 Å². The van der Waals surface area contributed by atoms with Gasteiger partial charge < -0.3 is 29.3 Å². The molecule has 3 amide bonds. The first kappa shape index (κ1) is 34.1. The third kappa shape index (κ3) is 10.4. The summed E-state index contributed by atoms with van der Waals surface area (Å²) in [5.74, 6) is 0.569. The summed E-state index contributed by atoms with van der Waals surface area (Å²) < 4.78 is 32.0. The van der Waals surface area contributed by atoms with Crippen molar-refractivity contribution in [3.63, 3.8) is 0 Å². The van der Waals surface area contributed by atoms with Gasteiger partial charge in [0, 0.05) is 32.6 Å². The highest BCUT2D eigenvalue weighted by Gasteiger charge is 2.30. The standard InChI is InChI=1S/C35H48FN3O6/c1-24(2)44-34(42)39-19-14-25(15-20-39)16-21-43-29-12-10-26(11-13-29)27-8-9-28(30(36)22-27)23-31(32(40)38-17-6-7-18-38)37-33(41)45-35(3,4)5/h8-13,22,24-25,31H,6-7,14-21,23H2,1-5H3,(H,37,41). The average molecular weight is 626 g/mol. The van der Waals surface area contributed by atoms with Gasteiger partial charge in [-0.1, -0.05) is 24.3 Å². The summed E-state index contributed by atoms with van der Waals surface area (Å²) in [6.07, 6.45) is 3.57. The Labute approximate surface area is 266 Å². The zero-order chi connectivity index (χ0) is 32.6. The maximum absolute atomic E-state index is 15.4. The fourth-order valence-electron chi connectivity index (χ4n) is 5.69. The third-order valence-electron chi connectivity index (χ3n) is 8.08. The molecular weight excluding hydrogens is 577 g/mol. The SMILES string of the molecule is CC(C)OC(=O)N1CCC(CCOc2ccc(-c3ccc(CC(NC(=O)OC(C)(C)C)C(=O)N4CCCC4)c(F)c3)cc2)CC1. The van der Waals surface area contributed by atoms with Gasteiger partial charge in [-0.2, -0.15) is 0 Å². The van der Waals surface area contributed by atoms with E-state index in [1.54, 1.807) is 36.6 Å². The number of amides is 3. The van der Waals surface area contributed by atoms with Gasteiger partial charge in [-0.05, 0) is 108 Å². The first-order valence-electron chi connectivity index (χ1n) is 16.1. The highest BCUT2D eigenvalue weighted by Crippen LogP contribution is 2.27. The molecule has 4 rings (SSSR count). The van der Waals surface area contributed by atoms with Gasteiger partial charge in [0.25, 0.3) is 0 Å². The van der Waals surface area contributed by atoms with E-state index in [1.165, 1.54) is 6.07 Å². The van der Waals surface area contributed by atoms with Crippen molar-refractivity contribution in [1.82, 2.24) is 15.1 Å². The van der Waals surface area contributed by atoms with Gasteiger partial charge in [0.1, 0.15) is 23.2 Å². The molecule has 0 saturated carbocycles. The molecule has 2 aliphatic rings. The van der Waals surface area contributed by atoms with Crippen molar-refractivity contribution in [2.24, 2.45) is 5.92 Å². The van der Waals surface area contributed by atoms with Crippen molar-refractivity contribution in [3.8, 4) is 16.9 Å². The van der Waals surface area contributed by atoms with Crippen LogP contribution in [0.3, 0.4) is 0 Å². The van der Waals surface area contributed by atoms with Crippen LogP contribution in [-0.2, 0) is 20.7 Å². The largest absolute Gasteiger partial charge is 0.494 e. The van der Waals surface area contributed by atoms with Crippen LogP contribution in [0.15, 0.2) is 42.5 Å². The summed E-state index contributed by atoms with van der Waals surface area (Å²) in [5.41, 5.74) is 1.16. The van der Waals surface area contributed by atoms with Crippen LogP contribution in [0.2, 0.25) is 0 Å². The molecule has 1 atom stereocenters. The maximum atomic E-state index is 15.4. The molecule has 9 nitrogen and oxygen atoms in total. The van der Waals surface area contributed by atoms with Crippen LogP contribution in [0.4, 0.5) is 14.0 Å².